The molecule has 0 aliphatic carbocycles. The summed E-state index contributed by atoms with van der Waals surface area (Å²) in [5.41, 5.74) is 1.69. The Morgan fingerprint density at radius 3 is 2.93 bits per heavy atom. The van der Waals surface area contributed by atoms with Gasteiger partial charge in [0.2, 0.25) is 0 Å². The molecule has 15 heavy (non-hydrogen) atoms. The van der Waals surface area contributed by atoms with Crippen molar-refractivity contribution in [3.8, 4) is 6.07 Å². The highest BCUT2D eigenvalue weighted by Crippen LogP contribution is 2.18. The lowest BCUT2D eigenvalue weighted by Crippen LogP contribution is -2.15. The van der Waals surface area contributed by atoms with Crippen LogP contribution in [0, 0.1) is 11.3 Å². The summed E-state index contributed by atoms with van der Waals surface area (Å²) in [6.45, 7) is 0. The largest absolute Gasteiger partial charge is 0.384 e. The smallest absolute Gasteiger partial charge is 0.170 e. The van der Waals surface area contributed by atoms with Crippen molar-refractivity contribution in [1.29, 1.82) is 5.26 Å². The summed E-state index contributed by atoms with van der Waals surface area (Å²) in [4.78, 5) is 4.00. The first-order valence-corrected chi connectivity index (χ1v) is 4.27. The van der Waals surface area contributed by atoms with E-state index in [-0.39, 0.29) is 0 Å². The van der Waals surface area contributed by atoms with Crippen LogP contribution in [-0.4, -0.2) is 31.5 Å². The lowest BCUT2D eigenvalue weighted by molar-refractivity contribution is 0.0526. The molecule has 2 aromatic rings. The first-order valence-electron chi connectivity index (χ1n) is 4.27. The van der Waals surface area contributed by atoms with E-state index in [9.17, 15) is 5.11 Å². The van der Waals surface area contributed by atoms with Crippen LogP contribution in [0.4, 0.5) is 0 Å². The second kappa shape index (κ2) is 3.65. The van der Waals surface area contributed by atoms with Crippen molar-refractivity contribution in [2.45, 2.75) is 12.2 Å². The average Bonchev–Trinajstić information content (AvgIpc) is 2.73. The molecular formula is C9H8N4O2. The third kappa shape index (κ3) is 1.66. The molecule has 0 aliphatic rings. The average molecular weight is 204 g/mol. The number of hydrogen-bond donors (Lipinski definition) is 3. The second-order valence-corrected chi connectivity index (χ2v) is 3.09. The molecule has 0 amide bonds. The lowest BCUT2D eigenvalue weighted by atomic mass is 10.1. The summed E-state index contributed by atoms with van der Waals surface area (Å²) in [5.74, 6) is 0. The predicted molar refractivity (Wildman–Crippen MR) is 50.5 cm³/mol. The number of aliphatic hydroxyl groups is 2. The van der Waals surface area contributed by atoms with E-state index < -0.39 is 12.2 Å². The summed E-state index contributed by atoms with van der Waals surface area (Å²) in [7, 11) is 0. The van der Waals surface area contributed by atoms with E-state index in [0.717, 1.165) is 0 Å². The van der Waals surface area contributed by atoms with Gasteiger partial charge in [-0.3, -0.25) is 10.1 Å². The molecule has 0 saturated carbocycles. The number of pyridine rings is 1. The van der Waals surface area contributed by atoms with Crippen molar-refractivity contribution in [1.82, 2.24) is 15.2 Å². The number of aromatic amines is 1. The van der Waals surface area contributed by atoms with Crippen LogP contribution in [0.1, 0.15) is 11.7 Å². The standard InChI is InChI=1S/C9H8N4O2/c10-2-8(14)9(15)5-1-6-7(11-3-5)4-12-13-6/h1,3-4,8-9,14-15H,(H,12,13). The zero-order valence-electron chi connectivity index (χ0n) is 7.62. The summed E-state index contributed by atoms with van der Waals surface area (Å²) in [5, 5.41) is 33.6. The lowest BCUT2D eigenvalue weighted by Gasteiger charge is -2.10. The maximum atomic E-state index is 9.54. The molecule has 2 heterocycles. The normalized spacial score (nSPS) is 14.7. The Hall–Kier alpha value is -1.97. The van der Waals surface area contributed by atoms with Crippen LogP contribution in [0.3, 0.4) is 0 Å². The van der Waals surface area contributed by atoms with E-state index in [1.165, 1.54) is 6.20 Å². The first kappa shape index (κ1) is 9.58. The molecule has 0 saturated heterocycles. The Bertz CT molecular complexity index is 516. The number of hydrogen-bond acceptors (Lipinski definition) is 5. The predicted octanol–water partition coefficient (Wildman–Crippen LogP) is -0.124. The Morgan fingerprint density at radius 2 is 2.20 bits per heavy atom. The van der Waals surface area contributed by atoms with Crippen LogP contribution < -0.4 is 0 Å². The van der Waals surface area contributed by atoms with E-state index in [0.29, 0.717) is 16.6 Å². The summed E-state index contributed by atoms with van der Waals surface area (Å²) in [6, 6.07) is 3.15. The molecule has 0 bridgehead atoms. The maximum Gasteiger partial charge on any atom is 0.170 e. The minimum absolute atomic E-state index is 0.376. The van der Waals surface area contributed by atoms with Gasteiger partial charge in [0.15, 0.2) is 6.10 Å². The van der Waals surface area contributed by atoms with Gasteiger partial charge in [0.25, 0.3) is 0 Å². The van der Waals surface area contributed by atoms with Gasteiger partial charge in [-0.2, -0.15) is 10.4 Å². The van der Waals surface area contributed by atoms with Crippen molar-refractivity contribution < 1.29 is 10.2 Å². The van der Waals surface area contributed by atoms with E-state index in [1.807, 2.05) is 0 Å². The van der Waals surface area contributed by atoms with Gasteiger partial charge in [-0.1, -0.05) is 0 Å². The molecule has 2 rings (SSSR count). The quantitative estimate of drug-likeness (QED) is 0.591. The fourth-order valence-corrected chi connectivity index (χ4v) is 1.26. The molecule has 0 aliphatic heterocycles. The SMILES string of the molecule is N#CC(O)C(O)c1cnc2cn[nH]c2c1. The molecule has 6 heteroatoms. The van der Waals surface area contributed by atoms with Crippen molar-refractivity contribution in [2.75, 3.05) is 0 Å². The number of aromatic nitrogens is 3. The van der Waals surface area contributed by atoms with Crippen LogP contribution >= 0.6 is 0 Å². The van der Waals surface area contributed by atoms with E-state index >= 15 is 0 Å². The molecule has 2 unspecified atom stereocenters. The maximum absolute atomic E-state index is 9.54. The first-order chi connectivity index (χ1) is 7.22. The van der Waals surface area contributed by atoms with Gasteiger partial charge in [0.1, 0.15) is 11.6 Å². The van der Waals surface area contributed by atoms with Crippen LogP contribution in [0.5, 0.6) is 0 Å². The third-order valence-corrected chi connectivity index (χ3v) is 2.08. The zero-order valence-corrected chi connectivity index (χ0v) is 7.62. The Balaban J connectivity index is 2.40. The van der Waals surface area contributed by atoms with Crippen molar-refractivity contribution in [2.24, 2.45) is 0 Å². The molecular weight excluding hydrogens is 196 g/mol. The number of nitrogens with zero attached hydrogens (tertiary/aromatic N) is 3. The van der Waals surface area contributed by atoms with E-state index in [1.54, 1.807) is 18.3 Å². The highest BCUT2D eigenvalue weighted by molar-refractivity contribution is 5.73. The molecule has 2 atom stereocenters. The number of nitrogens with one attached hydrogen (secondary N) is 1. The molecule has 3 N–H and O–H groups in total. The van der Waals surface area contributed by atoms with Gasteiger partial charge in [-0.05, 0) is 6.07 Å². The zero-order chi connectivity index (χ0) is 10.8. The molecule has 0 aromatic carbocycles. The minimum atomic E-state index is -1.45. The molecule has 6 nitrogen and oxygen atoms in total. The van der Waals surface area contributed by atoms with Crippen LogP contribution in [0.2, 0.25) is 0 Å². The third-order valence-electron chi connectivity index (χ3n) is 2.08. The molecule has 2 aromatic heterocycles. The fourth-order valence-electron chi connectivity index (χ4n) is 1.26. The monoisotopic (exact) mass is 204 g/mol. The van der Waals surface area contributed by atoms with Gasteiger partial charge in [-0.25, -0.2) is 0 Å². The fraction of sp³-hybridized carbons (Fsp3) is 0.222. The number of fused-ring (bicyclic) bond motifs is 1. The molecule has 0 fully saturated rings. The Labute approximate surface area is 84.8 Å². The van der Waals surface area contributed by atoms with Crippen LogP contribution in [-0.2, 0) is 0 Å². The Kier molecular flexibility index (Phi) is 2.33. The van der Waals surface area contributed by atoms with Crippen LogP contribution in [0.25, 0.3) is 11.0 Å². The number of H-pyrrole nitrogens is 1. The van der Waals surface area contributed by atoms with Gasteiger partial charge < -0.3 is 10.2 Å². The van der Waals surface area contributed by atoms with Gasteiger partial charge >= 0.3 is 0 Å². The molecule has 0 spiro atoms. The van der Waals surface area contributed by atoms with E-state index in [4.69, 9.17) is 10.4 Å². The number of aliphatic hydroxyl groups excluding tert-OH is 2. The Morgan fingerprint density at radius 1 is 1.40 bits per heavy atom. The summed E-state index contributed by atoms with van der Waals surface area (Å²) in [6.07, 6.45) is 0.248. The second-order valence-electron chi connectivity index (χ2n) is 3.09. The molecule has 0 radical (unpaired) electrons. The van der Waals surface area contributed by atoms with Gasteiger partial charge in [0, 0.05) is 11.8 Å². The van der Waals surface area contributed by atoms with Crippen molar-refractivity contribution in [3.05, 3.63) is 24.0 Å². The highest BCUT2D eigenvalue weighted by atomic mass is 16.3. The van der Waals surface area contributed by atoms with Crippen molar-refractivity contribution >= 4 is 11.0 Å². The van der Waals surface area contributed by atoms with E-state index in [2.05, 4.69) is 15.2 Å². The number of rotatable bonds is 2. The summed E-state index contributed by atoms with van der Waals surface area (Å²) >= 11 is 0. The van der Waals surface area contributed by atoms with Crippen molar-refractivity contribution in [3.63, 3.8) is 0 Å². The number of nitriles is 1. The minimum Gasteiger partial charge on any atom is -0.384 e. The molecule has 76 valence electrons. The summed E-state index contributed by atoms with van der Waals surface area (Å²) < 4.78 is 0. The van der Waals surface area contributed by atoms with Gasteiger partial charge in [-0.15, -0.1) is 0 Å². The van der Waals surface area contributed by atoms with Crippen LogP contribution in [0.15, 0.2) is 18.5 Å². The van der Waals surface area contributed by atoms with Gasteiger partial charge in [0.05, 0.1) is 17.8 Å². The highest BCUT2D eigenvalue weighted by Gasteiger charge is 2.18. The topological polar surface area (TPSA) is 106 Å².